The zero-order chi connectivity index (χ0) is 16.0. The van der Waals surface area contributed by atoms with Gasteiger partial charge in [0.25, 0.3) is 0 Å². The van der Waals surface area contributed by atoms with Crippen molar-refractivity contribution in [1.29, 1.82) is 0 Å². The molecule has 0 aliphatic carbocycles. The molecule has 0 saturated carbocycles. The maximum absolute atomic E-state index is 12.2. The summed E-state index contributed by atoms with van der Waals surface area (Å²) in [6, 6.07) is -0.0470. The number of amides is 1. The van der Waals surface area contributed by atoms with E-state index in [9.17, 15) is 9.59 Å². The third kappa shape index (κ3) is 5.91. The number of carbonyl (C=O) groups excluding carboxylic acids is 2. The first kappa shape index (κ1) is 17.8. The van der Waals surface area contributed by atoms with Crippen LogP contribution in [0.5, 0.6) is 0 Å². The molecular weight excluding hydrogens is 274 g/mol. The lowest BCUT2D eigenvalue weighted by Gasteiger charge is -2.28. The summed E-state index contributed by atoms with van der Waals surface area (Å²) in [5, 5.41) is 0. The molecule has 1 fully saturated rings. The number of hydrogen-bond donors (Lipinski definition) is 0. The monoisotopic (exact) mass is 301 g/mol. The molecule has 0 radical (unpaired) electrons. The fourth-order valence-electron chi connectivity index (χ4n) is 2.38. The molecule has 0 unspecified atom stereocenters. The third-order valence-corrected chi connectivity index (χ3v) is 3.32. The number of hydrogen-bond acceptors (Lipinski definition) is 5. The zero-order valence-corrected chi connectivity index (χ0v) is 13.7. The highest BCUT2D eigenvalue weighted by Gasteiger charge is 2.37. The van der Waals surface area contributed by atoms with Gasteiger partial charge in [-0.15, -0.1) is 0 Å². The van der Waals surface area contributed by atoms with Crippen LogP contribution in [0.4, 0.5) is 4.79 Å². The van der Waals surface area contributed by atoms with Gasteiger partial charge in [-0.3, -0.25) is 4.79 Å². The van der Waals surface area contributed by atoms with Crippen molar-refractivity contribution < 1.29 is 23.8 Å². The average molecular weight is 301 g/mol. The maximum atomic E-state index is 12.2. The lowest BCUT2D eigenvalue weighted by atomic mass is 10.1. The summed E-state index contributed by atoms with van der Waals surface area (Å²) in [6.45, 7) is 8.16. The Labute approximate surface area is 126 Å². The molecule has 0 bridgehead atoms. The number of nitrogens with zero attached hydrogens (tertiary/aromatic N) is 1. The van der Waals surface area contributed by atoms with E-state index in [1.165, 1.54) is 0 Å². The van der Waals surface area contributed by atoms with E-state index >= 15 is 0 Å². The van der Waals surface area contributed by atoms with Crippen molar-refractivity contribution in [3.05, 3.63) is 0 Å². The van der Waals surface area contributed by atoms with E-state index in [-0.39, 0.29) is 24.2 Å². The summed E-state index contributed by atoms with van der Waals surface area (Å²) >= 11 is 0. The van der Waals surface area contributed by atoms with Gasteiger partial charge in [0.15, 0.2) is 0 Å². The first-order valence-electron chi connectivity index (χ1n) is 7.44. The Morgan fingerprint density at radius 2 is 1.95 bits per heavy atom. The van der Waals surface area contributed by atoms with Gasteiger partial charge in [-0.1, -0.05) is 0 Å². The van der Waals surface area contributed by atoms with Crippen LogP contribution in [0.25, 0.3) is 0 Å². The van der Waals surface area contributed by atoms with Crippen LogP contribution in [-0.2, 0) is 19.0 Å². The predicted molar refractivity (Wildman–Crippen MR) is 78.0 cm³/mol. The van der Waals surface area contributed by atoms with Gasteiger partial charge in [0.05, 0.1) is 19.3 Å². The molecule has 0 aromatic rings. The topological polar surface area (TPSA) is 65.1 Å². The second-order valence-electron chi connectivity index (χ2n) is 6.22. The van der Waals surface area contributed by atoms with Crippen LogP contribution in [0.1, 0.15) is 47.0 Å². The number of ether oxygens (including phenoxy) is 3. The number of methoxy groups -OCH3 is 1. The molecule has 0 N–H and O–H groups in total. The SMILES string of the molecule is CCOC(=O)CC[C@@H]1C[C@@H](OC)CN1C(=O)OC(C)(C)C. The van der Waals surface area contributed by atoms with Crippen LogP contribution in [-0.4, -0.2) is 55.0 Å². The molecular formula is C15H27NO5. The van der Waals surface area contributed by atoms with E-state index in [2.05, 4.69) is 0 Å². The molecule has 1 aliphatic rings. The number of rotatable bonds is 5. The van der Waals surface area contributed by atoms with E-state index in [1.54, 1.807) is 18.9 Å². The Bertz CT molecular complexity index is 364. The van der Waals surface area contributed by atoms with E-state index in [0.717, 1.165) is 6.42 Å². The van der Waals surface area contributed by atoms with Crippen molar-refractivity contribution in [3.63, 3.8) is 0 Å². The van der Waals surface area contributed by atoms with Gasteiger partial charge >= 0.3 is 12.1 Å². The highest BCUT2D eigenvalue weighted by molar-refractivity contribution is 5.70. The van der Waals surface area contributed by atoms with Crippen LogP contribution in [0.2, 0.25) is 0 Å². The minimum atomic E-state index is -0.534. The molecule has 6 heteroatoms. The molecule has 1 rings (SSSR count). The van der Waals surface area contributed by atoms with Crippen LogP contribution in [0.3, 0.4) is 0 Å². The standard InChI is InChI=1S/C15H27NO5/c1-6-20-13(17)8-7-11-9-12(19-5)10-16(11)14(18)21-15(2,3)4/h11-12H,6-10H2,1-5H3/t11-,12-/m1/s1. The van der Waals surface area contributed by atoms with Crippen molar-refractivity contribution >= 4 is 12.1 Å². The van der Waals surface area contributed by atoms with Gasteiger partial charge in [0.1, 0.15) is 5.60 Å². The highest BCUT2D eigenvalue weighted by atomic mass is 16.6. The molecule has 6 nitrogen and oxygen atoms in total. The quantitative estimate of drug-likeness (QED) is 0.729. The first-order chi connectivity index (χ1) is 9.76. The van der Waals surface area contributed by atoms with Crippen LogP contribution >= 0.6 is 0 Å². The maximum Gasteiger partial charge on any atom is 0.410 e. The molecule has 21 heavy (non-hydrogen) atoms. The Morgan fingerprint density at radius 3 is 2.48 bits per heavy atom. The van der Waals surface area contributed by atoms with E-state index < -0.39 is 5.60 Å². The first-order valence-corrected chi connectivity index (χ1v) is 7.44. The smallest absolute Gasteiger partial charge is 0.410 e. The fourth-order valence-corrected chi connectivity index (χ4v) is 2.38. The number of carbonyl (C=O) groups is 2. The fraction of sp³-hybridized carbons (Fsp3) is 0.867. The van der Waals surface area contributed by atoms with Crippen molar-refractivity contribution in [3.8, 4) is 0 Å². The van der Waals surface area contributed by atoms with Crippen molar-refractivity contribution in [2.45, 2.75) is 64.7 Å². The molecule has 1 saturated heterocycles. The zero-order valence-electron chi connectivity index (χ0n) is 13.7. The van der Waals surface area contributed by atoms with Gasteiger partial charge in [0.2, 0.25) is 0 Å². The second kappa shape index (κ2) is 7.64. The molecule has 0 aromatic heterocycles. The Balaban J connectivity index is 2.61. The van der Waals surface area contributed by atoms with E-state index in [4.69, 9.17) is 14.2 Å². The molecule has 0 spiro atoms. The van der Waals surface area contributed by atoms with Crippen LogP contribution < -0.4 is 0 Å². The summed E-state index contributed by atoms with van der Waals surface area (Å²) in [6.07, 6.45) is 1.22. The van der Waals surface area contributed by atoms with Crippen molar-refractivity contribution in [1.82, 2.24) is 4.90 Å². The normalized spacial score (nSPS) is 22.2. The summed E-state index contributed by atoms with van der Waals surface area (Å²) < 4.78 is 15.7. The van der Waals surface area contributed by atoms with Gasteiger partial charge < -0.3 is 19.1 Å². The molecule has 1 amide bonds. The van der Waals surface area contributed by atoms with Crippen LogP contribution in [0, 0.1) is 0 Å². The highest BCUT2D eigenvalue weighted by Crippen LogP contribution is 2.26. The second-order valence-corrected chi connectivity index (χ2v) is 6.22. The summed E-state index contributed by atoms with van der Waals surface area (Å²) in [7, 11) is 1.63. The van der Waals surface area contributed by atoms with Gasteiger partial charge in [-0.25, -0.2) is 4.79 Å². The molecule has 122 valence electrons. The van der Waals surface area contributed by atoms with E-state index in [0.29, 0.717) is 26.0 Å². The Hall–Kier alpha value is -1.30. The van der Waals surface area contributed by atoms with Crippen molar-refractivity contribution in [2.75, 3.05) is 20.3 Å². The molecule has 1 aliphatic heterocycles. The van der Waals surface area contributed by atoms with Gasteiger partial charge in [0, 0.05) is 19.6 Å². The molecule has 0 aromatic carbocycles. The lowest BCUT2D eigenvalue weighted by molar-refractivity contribution is -0.143. The van der Waals surface area contributed by atoms with E-state index in [1.807, 2.05) is 20.8 Å². The van der Waals surface area contributed by atoms with Crippen molar-refractivity contribution in [2.24, 2.45) is 0 Å². The minimum Gasteiger partial charge on any atom is -0.466 e. The largest absolute Gasteiger partial charge is 0.466 e. The minimum absolute atomic E-state index is 0.00952. The third-order valence-electron chi connectivity index (χ3n) is 3.32. The van der Waals surface area contributed by atoms with Gasteiger partial charge in [-0.05, 0) is 40.5 Å². The summed E-state index contributed by atoms with van der Waals surface area (Å²) in [5.41, 5.74) is -0.534. The Morgan fingerprint density at radius 1 is 1.29 bits per heavy atom. The number of likely N-dealkylation sites (tertiary alicyclic amines) is 1. The Kier molecular flexibility index (Phi) is 6.45. The summed E-state index contributed by atoms with van der Waals surface area (Å²) in [4.78, 5) is 25.4. The van der Waals surface area contributed by atoms with Gasteiger partial charge in [-0.2, -0.15) is 0 Å². The van der Waals surface area contributed by atoms with Crippen LogP contribution in [0.15, 0.2) is 0 Å². The molecule has 1 heterocycles. The average Bonchev–Trinajstić information content (AvgIpc) is 2.78. The number of esters is 1. The molecule has 2 atom stereocenters. The predicted octanol–water partition coefficient (Wildman–Crippen LogP) is 2.35. The summed E-state index contributed by atoms with van der Waals surface area (Å²) in [5.74, 6) is -0.234. The lowest BCUT2D eigenvalue weighted by Crippen LogP contribution is -2.40.